The predicted molar refractivity (Wildman–Crippen MR) is 239 cm³/mol. The zero-order valence-corrected chi connectivity index (χ0v) is 36.6. The molecule has 0 bridgehead atoms. The van der Waals surface area contributed by atoms with Gasteiger partial charge in [-0.05, 0) is 81.3 Å². The van der Waals surface area contributed by atoms with Crippen molar-refractivity contribution in [3.8, 4) is 22.9 Å². The molecular weight excluding hydrogens is 843 g/mol. The van der Waals surface area contributed by atoms with E-state index in [9.17, 15) is 14.4 Å². The lowest BCUT2D eigenvalue weighted by Gasteiger charge is -2.16. The van der Waals surface area contributed by atoms with Crippen molar-refractivity contribution in [2.45, 2.75) is 58.0 Å². The number of aromatic nitrogens is 6. The quantitative estimate of drug-likeness (QED) is 0.103. The number of nitrogens with zero attached hydrogens (tertiary/aromatic N) is 8. The zero-order valence-electron chi connectivity index (χ0n) is 35.1. The molecule has 2 atom stereocenters. The molecule has 15 nitrogen and oxygen atoms in total. The maximum absolute atomic E-state index is 13.4. The number of benzene rings is 4. The van der Waals surface area contributed by atoms with E-state index in [0.717, 1.165) is 33.6 Å². The van der Waals surface area contributed by atoms with Gasteiger partial charge in [0.25, 0.3) is 0 Å². The molecule has 322 valence electrons. The number of carbonyl (C=O) groups is 3. The molecule has 2 amide bonds. The summed E-state index contributed by atoms with van der Waals surface area (Å²) in [5, 5.41) is 24.5. The average molecular weight is 888 g/mol. The highest BCUT2D eigenvalue weighted by atomic mass is 35.5. The normalized spacial score (nSPS) is 15.0. The number of methoxy groups -OCH3 is 2. The van der Waals surface area contributed by atoms with Crippen molar-refractivity contribution < 1.29 is 23.9 Å². The van der Waals surface area contributed by atoms with Gasteiger partial charge in [-0.1, -0.05) is 53.5 Å². The number of ether oxygens (including phenoxy) is 2. The minimum atomic E-state index is -0.723. The van der Waals surface area contributed by atoms with Crippen LogP contribution in [0.4, 0.5) is 0 Å². The molecular formula is C46H44Cl2N10O5. The summed E-state index contributed by atoms with van der Waals surface area (Å²) in [5.74, 6) is 2.85. The number of halogens is 2. The van der Waals surface area contributed by atoms with Crippen molar-refractivity contribution in [3.63, 3.8) is 0 Å². The van der Waals surface area contributed by atoms with Crippen molar-refractivity contribution in [3.05, 3.63) is 141 Å². The number of aliphatic imine (C=N–C) groups is 2. The summed E-state index contributed by atoms with van der Waals surface area (Å²) >= 11 is 12.5. The number of Topliss-reactive ketones (excluding diaryl/α,β-unsaturated/α-hetero) is 1. The zero-order chi connectivity index (χ0) is 44.2. The van der Waals surface area contributed by atoms with Gasteiger partial charge in [-0.2, -0.15) is 0 Å². The van der Waals surface area contributed by atoms with Crippen LogP contribution >= 0.6 is 23.2 Å². The molecule has 63 heavy (non-hydrogen) atoms. The molecule has 0 spiro atoms. The van der Waals surface area contributed by atoms with E-state index < -0.39 is 12.1 Å². The number of unbranched alkanes of at least 4 members (excludes halogenated alkanes) is 1. The van der Waals surface area contributed by atoms with E-state index in [1.807, 2.05) is 83.6 Å². The van der Waals surface area contributed by atoms with Gasteiger partial charge >= 0.3 is 0 Å². The highest BCUT2D eigenvalue weighted by molar-refractivity contribution is 6.31. The van der Waals surface area contributed by atoms with E-state index in [1.54, 1.807) is 38.5 Å². The highest BCUT2D eigenvalue weighted by Gasteiger charge is 2.33. The first-order valence-electron chi connectivity index (χ1n) is 20.5. The minimum Gasteiger partial charge on any atom is -0.497 e. The molecule has 8 rings (SSSR count). The second-order valence-electron chi connectivity index (χ2n) is 15.2. The van der Waals surface area contributed by atoms with Crippen LogP contribution in [-0.4, -0.2) is 85.9 Å². The molecule has 0 saturated carbocycles. The molecule has 6 aromatic rings. The Kier molecular flexibility index (Phi) is 12.8. The number of nitrogens with one attached hydrogen (secondary N) is 2. The molecule has 2 aliphatic rings. The average Bonchev–Trinajstić information content (AvgIpc) is 3.79. The number of rotatable bonds is 15. The first-order valence-corrected chi connectivity index (χ1v) is 21.2. The van der Waals surface area contributed by atoms with Gasteiger partial charge in [0, 0.05) is 39.7 Å². The number of hydrogen-bond donors (Lipinski definition) is 2. The van der Waals surface area contributed by atoms with Crippen LogP contribution in [-0.2, 0) is 14.4 Å². The Morgan fingerprint density at radius 2 is 1.25 bits per heavy atom. The lowest BCUT2D eigenvalue weighted by Crippen LogP contribution is -2.31. The topological polar surface area (TPSA) is 180 Å². The Labute approximate surface area is 373 Å². The standard InChI is InChI=1S/C46H44Cl2N10O5/c1-26-53-55-45-35(51-43(28-11-15-30(47)16-12-28)34-22-33(62-3)19-20-37(34)57(26)45)23-40(60)49-21-6-5-8-32(59)25-50-41(61)24-36-46-56-54-27(2)58(46)38-9-7-10-39(63-4)42(38)44(52-36)29-13-17-31(48)18-14-29/h7,9-20,22,35-36H,5-6,8,21,23-25H2,1-4H3,(H,49,60)(H,50,61)/t35-,36-/m1/s1. The SMILES string of the molecule is COc1ccc2c(c1)C(c1ccc(Cl)cc1)=N[C@H](CC(=O)NCCCCC(=O)CNC(=O)C[C@H]1N=C(c3ccc(Cl)cc3)c3c(OC)cccc3-n3c(C)nnc31)c1nnc(C)n1-2. The van der Waals surface area contributed by atoms with Crippen molar-refractivity contribution in [2.75, 3.05) is 27.3 Å². The number of hydrogen-bond acceptors (Lipinski definition) is 11. The first kappa shape index (κ1) is 43.0. The fraction of sp³-hybridized carbons (Fsp3) is 0.283. The molecule has 2 N–H and O–H groups in total. The van der Waals surface area contributed by atoms with Crippen LogP contribution in [0.25, 0.3) is 11.4 Å². The van der Waals surface area contributed by atoms with Gasteiger partial charge in [0.2, 0.25) is 11.8 Å². The van der Waals surface area contributed by atoms with Crippen LogP contribution in [0.1, 0.15) is 89.7 Å². The van der Waals surface area contributed by atoms with Gasteiger partial charge in [-0.3, -0.25) is 33.5 Å². The Bertz CT molecular complexity index is 2760. The smallest absolute Gasteiger partial charge is 0.222 e. The van der Waals surface area contributed by atoms with Gasteiger partial charge in [-0.15, -0.1) is 20.4 Å². The molecule has 2 aromatic heterocycles. The molecule has 2 aliphatic heterocycles. The number of ketones is 1. The summed E-state index contributed by atoms with van der Waals surface area (Å²) in [7, 11) is 3.20. The molecule has 4 aromatic carbocycles. The molecule has 0 saturated heterocycles. The van der Waals surface area contributed by atoms with E-state index in [-0.39, 0.29) is 43.4 Å². The van der Waals surface area contributed by atoms with Crippen molar-refractivity contribution in [1.29, 1.82) is 0 Å². The van der Waals surface area contributed by atoms with Crippen molar-refractivity contribution in [2.24, 2.45) is 9.98 Å². The van der Waals surface area contributed by atoms with Crippen LogP contribution in [0.2, 0.25) is 10.0 Å². The maximum Gasteiger partial charge on any atom is 0.222 e. The fourth-order valence-corrected chi connectivity index (χ4v) is 8.13. The van der Waals surface area contributed by atoms with E-state index in [1.165, 1.54) is 0 Å². The summed E-state index contributed by atoms with van der Waals surface area (Å²) in [6, 6.07) is 24.7. The van der Waals surface area contributed by atoms with Crippen LogP contribution in [0, 0.1) is 13.8 Å². The molecule has 0 radical (unpaired) electrons. The third-order valence-electron chi connectivity index (χ3n) is 10.9. The van der Waals surface area contributed by atoms with Gasteiger partial charge < -0.3 is 20.1 Å². The molecule has 0 fully saturated rings. The highest BCUT2D eigenvalue weighted by Crippen LogP contribution is 2.38. The van der Waals surface area contributed by atoms with Crippen LogP contribution < -0.4 is 20.1 Å². The third-order valence-corrected chi connectivity index (χ3v) is 11.5. The van der Waals surface area contributed by atoms with E-state index >= 15 is 0 Å². The van der Waals surface area contributed by atoms with Crippen molar-refractivity contribution >= 4 is 52.2 Å². The van der Waals surface area contributed by atoms with Crippen molar-refractivity contribution in [1.82, 2.24) is 40.2 Å². The maximum atomic E-state index is 13.4. The number of fused-ring (bicyclic) bond motifs is 6. The Hall–Kier alpha value is -6.71. The van der Waals surface area contributed by atoms with Crippen LogP contribution in [0.5, 0.6) is 11.5 Å². The third kappa shape index (κ3) is 9.11. The lowest BCUT2D eigenvalue weighted by atomic mass is 9.99. The largest absolute Gasteiger partial charge is 0.497 e. The lowest BCUT2D eigenvalue weighted by molar-refractivity contribution is -0.125. The second kappa shape index (κ2) is 18.7. The predicted octanol–water partition coefficient (Wildman–Crippen LogP) is 7.03. The number of aryl methyl sites for hydroxylation is 2. The van der Waals surface area contributed by atoms with Gasteiger partial charge in [0.1, 0.15) is 35.2 Å². The number of amides is 2. The van der Waals surface area contributed by atoms with E-state index in [0.29, 0.717) is 75.7 Å². The molecule has 0 unspecified atom stereocenters. The summed E-state index contributed by atoms with van der Waals surface area (Å²) in [6.07, 6.45) is 1.24. The Balaban J connectivity index is 0.875. The summed E-state index contributed by atoms with van der Waals surface area (Å²) < 4.78 is 15.2. The molecule has 4 heterocycles. The van der Waals surface area contributed by atoms with Gasteiger partial charge in [0.15, 0.2) is 17.4 Å². The summed E-state index contributed by atoms with van der Waals surface area (Å²) in [6.45, 7) is 3.91. The first-order chi connectivity index (χ1) is 30.5. The summed E-state index contributed by atoms with van der Waals surface area (Å²) in [4.78, 5) is 50.0. The second-order valence-corrected chi connectivity index (χ2v) is 16.0. The monoisotopic (exact) mass is 886 g/mol. The molecule has 0 aliphatic carbocycles. The molecule has 17 heteroatoms. The van der Waals surface area contributed by atoms with Gasteiger partial charge in [-0.25, -0.2) is 0 Å². The van der Waals surface area contributed by atoms with E-state index in [2.05, 4.69) is 31.0 Å². The van der Waals surface area contributed by atoms with Crippen LogP contribution in [0.15, 0.2) is 94.9 Å². The van der Waals surface area contributed by atoms with Gasteiger partial charge in [0.05, 0.1) is 62.0 Å². The summed E-state index contributed by atoms with van der Waals surface area (Å²) in [5.41, 5.74) is 6.01. The Morgan fingerprint density at radius 3 is 1.87 bits per heavy atom. The Morgan fingerprint density at radius 1 is 0.667 bits per heavy atom. The van der Waals surface area contributed by atoms with E-state index in [4.69, 9.17) is 42.7 Å². The number of carbonyl (C=O) groups excluding carboxylic acids is 3. The minimum absolute atomic E-state index is 0.0209. The van der Waals surface area contributed by atoms with Crippen LogP contribution in [0.3, 0.4) is 0 Å². The fourth-order valence-electron chi connectivity index (χ4n) is 7.88.